The maximum Gasteiger partial charge on any atom is 0.331 e. The molecule has 4 nitrogen and oxygen atoms in total. The Hall–Kier alpha value is -1.78. The molecule has 3 aromatic rings. The van der Waals surface area contributed by atoms with Gasteiger partial charge in [-0.2, -0.15) is 0 Å². The molecule has 0 aliphatic carbocycles. The normalized spacial score (nSPS) is 11.0. The second kappa shape index (κ2) is 4.15. The number of nitrogens with zero attached hydrogens (tertiary/aromatic N) is 2. The first-order chi connectivity index (χ1) is 8.65. The molecule has 1 N–H and O–H groups in total. The smallest absolute Gasteiger partial charge is 0.306 e. The first-order valence-electron chi connectivity index (χ1n) is 5.17. The van der Waals surface area contributed by atoms with Crippen molar-refractivity contribution >= 4 is 28.8 Å². The lowest BCUT2D eigenvalue weighted by Crippen LogP contribution is -2.15. The third-order valence-electron chi connectivity index (χ3n) is 2.62. The van der Waals surface area contributed by atoms with E-state index in [0.29, 0.717) is 26.9 Å². The summed E-state index contributed by atoms with van der Waals surface area (Å²) in [6.07, 6.45) is 3.17. The van der Waals surface area contributed by atoms with Crippen LogP contribution in [0.25, 0.3) is 16.9 Å². The molecule has 0 fully saturated rings. The summed E-state index contributed by atoms with van der Waals surface area (Å²) in [5.74, 6) is 0. The van der Waals surface area contributed by atoms with Crippen molar-refractivity contribution in [2.24, 2.45) is 0 Å². The van der Waals surface area contributed by atoms with Gasteiger partial charge in [0, 0.05) is 29.0 Å². The minimum Gasteiger partial charge on any atom is -0.306 e. The highest BCUT2D eigenvalue weighted by Crippen LogP contribution is 2.28. The van der Waals surface area contributed by atoms with Crippen molar-refractivity contribution in [3.05, 3.63) is 57.2 Å². The molecule has 0 bridgehead atoms. The number of aromatic amines is 1. The van der Waals surface area contributed by atoms with E-state index in [1.807, 2.05) is 0 Å². The molecule has 6 heteroatoms. The number of aromatic nitrogens is 3. The number of hydrogen-bond donors (Lipinski definition) is 1. The number of benzene rings is 1. The van der Waals surface area contributed by atoms with E-state index < -0.39 is 0 Å². The second-order valence-electron chi connectivity index (χ2n) is 3.77. The first kappa shape index (κ1) is 11.3. The molecule has 2 heterocycles. The molecule has 90 valence electrons. The number of imidazole rings is 1. The average Bonchev–Trinajstić information content (AvgIpc) is 2.77. The van der Waals surface area contributed by atoms with Crippen LogP contribution in [0.4, 0.5) is 0 Å². The van der Waals surface area contributed by atoms with Crippen molar-refractivity contribution in [3.8, 4) is 11.3 Å². The lowest BCUT2D eigenvalue weighted by molar-refractivity contribution is 1.01. The fourth-order valence-corrected chi connectivity index (χ4v) is 2.30. The fraction of sp³-hybridized carbons (Fsp3) is 0. The summed E-state index contributed by atoms with van der Waals surface area (Å²) in [7, 11) is 0. The van der Waals surface area contributed by atoms with Crippen LogP contribution in [0.2, 0.25) is 10.0 Å². The summed E-state index contributed by atoms with van der Waals surface area (Å²) in [6, 6.07) is 6.87. The quantitative estimate of drug-likeness (QED) is 0.745. The standard InChI is InChI=1S/C12H7Cl2N3O/c13-7-1-2-8(9(14)5-7)10-6-11-15-3-4-17(11)12(18)16-10/h1-6H,(H,16,18). The van der Waals surface area contributed by atoms with Crippen molar-refractivity contribution in [1.29, 1.82) is 0 Å². The summed E-state index contributed by atoms with van der Waals surface area (Å²) in [5, 5.41) is 1.03. The minimum absolute atomic E-state index is 0.258. The molecular formula is C12H7Cl2N3O. The highest BCUT2D eigenvalue weighted by molar-refractivity contribution is 6.36. The molecule has 0 aliphatic rings. The van der Waals surface area contributed by atoms with E-state index in [0.717, 1.165) is 0 Å². The summed E-state index contributed by atoms with van der Waals surface area (Å²) >= 11 is 11.9. The molecule has 2 aromatic heterocycles. The van der Waals surface area contributed by atoms with Gasteiger partial charge in [0.1, 0.15) is 5.65 Å². The molecule has 0 spiro atoms. The Bertz CT molecular complexity index is 791. The van der Waals surface area contributed by atoms with E-state index in [2.05, 4.69) is 9.97 Å². The van der Waals surface area contributed by atoms with Gasteiger partial charge in [-0.15, -0.1) is 0 Å². The van der Waals surface area contributed by atoms with Gasteiger partial charge in [-0.25, -0.2) is 9.78 Å². The molecule has 0 radical (unpaired) electrons. The van der Waals surface area contributed by atoms with Crippen molar-refractivity contribution < 1.29 is 0 Å². The Balaban J connectivity index is 2.28. The van der Waals surface area contributed by atoms with Gasteiger partial charge in [0.25, 0.3) is 0 Å². The highest BCUT2D eigenvalue weighted by Gasteiger charge is 2.08. The number of rotatable bonds is 1. The van der Waals surface area contributed by atoms with Gasteiger partial charge in [-0.05, 0) is 18.2 Å². The zero-order chi connectivity index (χ0) is 12.7. The van der Waals surface area contributed by atoms with Gasteiger partial charge < -0.3 is 4.98 Å². The molecule has 0 saturated carbocycles. The number of nitrogens with one attached hydrogen (secondary N) is 1. The van der Waals surface area contributed by atoms with Crippen LogP contribution in [-0.4, -0.2) is 14.4 Å². The fourth-order valence-electron chi connectivity index (χ4n) is 1.79. The molecular weight excluding hydrogens is 273 g/mol. The third-order valence-corrected chi connectivity index (χ3v) is 3.17. The molecule has 0 amide bonds. The van der Waals surface area contributed by atoms with Gasteiger partial charge in [-0.1, -0.05) is 23.2 Å². The van der Waals surface area contributed by atoms with E-state index in [4.69, 9.17) is 23.2 Å². The van der Waals surface area contributed by atoms with Crippen molar-refractivity contribution in [3.63, 3.8) is 0 Å². The largest absolute Gasteiger partial charge is 0.331 e. The summed E-state index contributed by atoms with van der Waals surface area (Å²) in [6.45, 7) is 0. The van der Waals surface area contributed by atoms with Crippen LogP contribution in [0.3, 0.4) is 0 Å². The number of halogens is 2. The Labute approximate surface area is 112 Å². The molecule has 1 aromatic carbocycles. The van der Waals surface area contributed by atoms with Crippen molar-refractivity contribution in [2.75, 3.05) is 0 Å². The average molecular weight is 280 g/mol. The van der Waals surface area contributed by atoms with Gasteiger partial charge in [-0.3, -0.25) is 4.40 Å². The Morgan fingerprint density at radius 1 is 1.22 bits per heavy atom. The van der Waals surface area contributed by atoms with Gasteiger partial charge >= 0.3 is 5.69 Å². The van der Waals surface area contributed by atoms with Gasteiger partial charge in [0.05, 0.1) is 10.7 Å². The van der Waals surface area contributed by atoms with Crippen LogP contribution in [-0.2, 0) is 0 Å². The number of hydrogen-bond acceptors (Lipinski definition) is 2. The van der Waals surface area contributed by atoms with Crippen LogP contribution in [0.15, 0.2) is 41.5 Å². The highest BCUT2D eigenvalue weighted by atomic mass is 35.5. The van der Waals surface area contributed by atoms with Crippen molar-refractivity contribution in [2.45, 2.75) is 0 Å². The van der Waals surface area contributed by atoms with E-state index in [1.54, 1.807) is 36.7 Å². The molecule has 18 heavy (non-hydrogen) atoms. The minimum atomic E-state index is -0.258. The molecule has 3 rings (SSSR count). The summed E-state index contributed by atoms with van der Waals surface area (Å²) in [4.78, 5) is 18.7. The lowest BCUT2D eigenvalue weighted by Gasteiger charge is -2.05. The zero-order valence-corrected chi connectivity index (χ0v) is 10.5. The maximum absolute atomic E-state index is 11.8. The topological polar surface area (TPSA) is 50.2 Å². The monoisotopic (exact) mass is 279 g/mol. The maximum atomic E-state index is 11.8. The van der Waals surface area contributed by atoms with Crippen LogP contribution in [0.1, 0.15) is 0 Å². The Morgan fingerprint density at radius 3 is 2.83 bits per heavy atom. The van der Waals surface area contributed by atoms with E-state index in [1.165, 1.54) is 4.40 Å². The lowest BCUT2D eigenvalue weighted by atomic mass is 10.1. The van der Waals surface area contributed by atoms with Gasteiger partial charge in [0.15, 0.2) is 0 Å². The first-order valence-corrected chi connectivity index (χ1v) is 5.92. The SMILES string of the molecule is O=c1[nH]c(-c2ccc(Cl)cc2Cl)cc2nccn12. The molecule has 0 aliphatic heterocycles. The number of fused-ring (bicyclic) bond motifs is 1. The Morgan fingerprint density at radius 2 is 2.06 bits per heavy atom. The molecule has 0 unspecified atom stereocenters. The van der Waals surface area contributed by atoms with Crippen LogP contribution < -0.4 is 5.69 Å². The van der Waals surface area contributed by atoms with Crippen LogP contribution in [0.5, 0.6) is 0 Å². The third kappa shape index (κ3) is 1.79. The summed E-state index contributed by atoms with van der Waals surface area (Å²) < 4.78 is 1.42. The zero-order valence-electron chi connectivity index (χ0n) is 9.02. The van der Waals surface area contributed by atoms with E-state index >= 15 is 0 Å². The van der Waals surface area contributed by atoms with E-state index in [-0.39, 0.29) is 5.69 Å². The molecule has 0 atom stereocenters. The second-order valence-corrected chi connectivity index (χ2v) is 4.61. The molecule has 0 saturated heterocycles. The van der Waals surface area contributed by atoms with Crippen molar-refractivity contribution in [1.82, 2.24) is 14.4 Å². The van der Waals surface area contributed by atoms with Gasteiger partial charge in [0.2, 0.25) is 0 Å². The van der Waals surface area contributed by atoms with Crippen LogP contribution in [0, 0.1) is 0 Å². The van der Waals surface area contributed by atoms with Crippen LogP contribution >= 0.6 is 23.2 Å². The van der Waals surface area contributed by atoms with E-state index in [9.17, 15) is 4.79 Å². The summed E-state index contributed by atoms with van der Waals surface area (Å²) in [5.41, 5.74) is 1.63. The Kier molecular flexibility index (Phi) is 2.61. The number of H-pyrrole nitrogens is 1. The predicted molar refractivity (Wildman–Crippen MR) is 71.3 cm³/mol. The predicted octanol–water partition coefficient (Wildman–Crippen LogP) is 3.00.